The van der Waals surface area contributed by atoms with Gasteiger partial charge in [-0.1, -0.05) is 29.8 Å². The van der Waals surface area contributed by atoms with Gasteiger partial charge in [0.1, 0.15) is 17.7 Å². The van der Waals surface area contributed by atoms with Crippen LogP contribution in [0.25, 0.3) is 0 Å². The van der Waals surface area contributed by atoms with Crippen molar-refractivity contribution in [2.45, 2.75) is 12.5 Å². The Balaban J connectivity index is 0.00000132. The van der Waals surface area contributed by atoms with Crippen molar-refractivity contribution in [2.24, 2.45) is 4.99 Å². The molecule has 0 aliphatic carbocycles. The summed E-state index contributed by atoms with van der Waals surface area (Å²) in [4.78, 5) is 6.81. The van der Waals surface area contributed by atoms with Crippen LogP contribution in [0.15, 0.2) is 47.5 Å². The zero-order valence-corrected chi connectivity index (χ0v) is 14.5. The molecule has 0 amide bonds. The number of hydrogen-bond donors (Lipinski definition) is 0. The summed E-state index contributed by atoms with van der Waals surface area (Å²) in [5, 5.41) is 0.700. The maximum atomic E-state index is 13.5. The Hall–Kier alpha value is -1.62. The van der Waals surface area contributed by atoms with Crippen LogP contribution in [0.1, 0.15) is 22.7 Å². The molecule has 0 bridgehead atoms. The van der Waals surface area contributed by atoms with Crippen molar-refractivity contribution in [1.82, 2.24) is 4.90 Å². The van der Waals surface area contributed by atoms with Crippen LogP contribution in [0, 0.1) is 5.82 Å². The van der Waals surface area contributed by atoms with Gasteiger partial charge in [0.2, 0.25) is 0 Å². The molecule has 3 rings (SSSR count). The van der Waals surface area contributed by atoms with Crippen LogP contribution in [-0.2, 0) is 6.42 Å². The van der Waals surface area contributed by atoms with Crippen LogP contribution in [0.3, 0.4) is 0 Å². The van der Waals surface area contributed by atoms with Gasteiger partial charge in [-0.05, 0) is 41.0 Å². The van der Waals surface area contributed by atoms with Crippen molar-refractivity contribution < 1.29 is 9.87 Å². The van der Waals surface area contributed by atoms with Gasteiger partial charge in [0.15, 0.2) is 0 Å². The van der Waals surface area contributed by atoms with Crippen molar-refractivity contribution in [3.63, 3.8) is 0 Å². The molecule has 124 valence electrons. The number of likely N-dealkylation sites (N-methyl/N-ethyl adjacent to an activating group) is 1. The topological polar surface area (TPSA) is 47.1 Å². The van der Waals surface area contributed by atoms with Crippen LogP contribution in [0.5, 0.6) is 0 Å². The van der Waals surface area contributed by atoms with Crippen molar-refractivity contribution in [1.29, 1.82) is 0 Å². The van der Waals surface area contributed by atoms with Crippen LogP contribution >= 0.6 is 24.0 Å². The number of aliphatic imine (C=N–C) groups is 1. The Bertz CT molecular complexity index is 702. The summed E-state index contributed by atoms with van der Waals surface area (Å²) in [6.07, 6.45) is 0.657. The number of fused-ring (bicyclic) bond motifs is 1. The first-order valence-corrected chi connectivity index (χ1v) is 7.20. The van der Waals surface area contributed by atoms with E-state index < -0.39 is 0 Å². The van der Waals surface area contributed by atoms with Gasteiger partial charge in [-0.25, -0.2) is 4.39 Å². The maximum Gasteiger partial charge on any atom is 0.123 e. The lowest BCUT2D eigenvalue weighted by Crippen LogP contribution is -2.28. The first kappa shape index (κ1) is 19.4. The average Bonchev–Trinajstić information content (AvgIpc) is 2.46. The molecule has 0 saturated heterocycles. The predicted molar refractivity (Wildman–Crippen MR) is 95.4 cm³/mol. The fourth-order valence-corrected chi connectivity index (χ4v) is 2.73. The lowest BCUT2D eigenvalue weighted by atomic mass is 9.90. The Kier molecular flexibility index (Phi) is 6.57. The van der Waals surface area contributed by atoms with Crippen molar-refractivity contribution in [3.05, 3.63) is 70.0 Å². The summed E-state index contributed by atoms with van der Waals surface area (Å²) < 4.78 is 13.5. The fourth-order valence-electron chi connectivity index (χ4n) is 2.60. The highest BCUT2D eigenvalue weighted by Crippen LogP contribution is 2.34. The minimum Gasteiger partial charge on any atom is -0.412 e. The first-order valence-electron chi connectivity index (χ1n) is 6.82. The fraction of sp³-hybridized carbons (Fsp3) is 0.235. The molecule has 0 radical (unpaired) electrons. The molecule has 1 aliphatic heterocycles. The Labute approximate surface area is 146 Å². The second kappa shape index (κ2) is 7.77. The lowest BCUT2D eigenvalue weighted by Gasteiger charge is -2.27. The predicted octanol–water partition coefficient (Wildman–Crippen LogP) is 3.68. The molecule has 23 heavy (non-hydrogen) atoms. The SMILES string of the molecule is CN(C)C1=NC(c2ccc(Cl)cc2)c2ccc(F)cc2C1.Cl.O. The van der Waals surface area contributed by atoms with Crippen LogP contribution in [0.2, 0.25) is 5.02 Å². The Morgan fingerprint density at radius 3 is 2.39 bits per heavy atom. The lowest BCUT2D eigenvalue weighted by molar-refractivity contribution is 0.587. The molecular weight excluding hydrogens is 338 g/mol. The molecule has 3 nitrogen and oxygen atoms in total. The highest BCUT2D eigenvalue weighted by atomic mass is 35.5. The minimum absolute atomic E-state index is 0. The van der Waals surface area contributed by atoms with Gasteiger partial charge in [0, 0.05) is 25.5 Å². The number of nitrogens with zero attached hydrogens (tertiary/aromatic N) is 2. The summed E-state index contributed by atoms with van der Waals surface area (Å²) in [7, 11) is 3.92. The summed E-state index contributed by atoms with van der Waals surface area (Å²) in [5.41, 5.74) is 3.12. The van der Waals surface area contributed by atoms with E-state index in [0.29, 0.717) is 11.4 Å². The molecule has 0 aromatic heterocycles. The Morgan fingerprint density at radius 1 is 1.13 bits per heavy atom. The molecule has 2 N–H and O–H groups in total. The summed E-state index contributed by atoms with van der Waals surface area (Å²) in [6.45, 7) is 0. The van der Waals surface area contributed by atoms with Crippen molar-refractivity contribution in [3.8, 4) is 0 Å². The molecule has 2 aromatic rings. The van der Waals surface area contributed by atoms with Gasteiger partial charge in [-0.2, -0.15) is 0 Å². The molecule has 0 saturated carbocycles. The highest BCUT2D eigenvalue weighted by molar-refractivity contribution is 6.30. The normalized spacial score (nSPS) is 15.7. The van der Waals surface area contributed by atoms with E-state index in [0.717, 1.165) is 22.5 Å². The van der Waals surface area contributed by atoms with E-state index in [-0.39, 0.29) is 29.7 Å². The zero-order valence-electron chi connectivity index (χ0n) is 12.9. The molecule has 6 heteroatoms. The summed E-state index contributed by atoms with van der Waals surface area (Å²) in [5.74, 6) is 0.747. The van der Waals surface area contributed by atoms with E-state index in [1.807, 2.05) is 49.3 Å². The van der Waals surface area contributed by atoms with Crippen LogP contribution < -0.4 is 0 Å². The van der Waals surface area contributed by atoms with Gasteiger partial charge in [-0.3, -0.25) is 4.99 Å². The second-order valence-electron chi connectivity index (χ2n) is 5.41. The average molecular weight is 357 g/mol. The summed E-state index contributed by atoms with van der Waals surface area (Å²) >= 11 is 5.96. The van der Waals surface area contributed by atoms with E-state index in [1.165, 1.54) is 6.07 Å². The molecule has 0 spiro atoms. The number of hydrogen-bond acceptors (Lipinski definition) is 2. The van der Waals surface area contributed by atoms with Crippen molar-refractivity contribution >= 4 is 29.8 Å². The number of amidine groups is 1. The quantitative estimate of drug-likeness (QED) is 0.768. The minimum atomic E-state index is -0.205. The third-order valence-electron chi connectivity index (χ3n) is 3.73. The largest absolute Gasteiger partial charge is 0.412 e. The smallest absolute Gasteiger partial charge is 0.123 e. The highest BCUT2D eigenvalue weighted by Gasteiger charge is 2.24. The van der Waals surface area contributed by atoms with E-state index in [4.69, 9.17) is 16.6 Å². The zero-order chi connectivity index (χ0) is 15.0. The van der Waals surface area contributed by atoms with E-state index >= 15 is 0 Å². The van der Waals surface area contributed by atoms with Gasteiger partial charge >= 0.3 is 0 Å². The van der Waals surface area contributed by atoms with Gasteiger partial charge in [0.05, 0.1) is 0 Å². The monoisotopic (exact) mass is 356 g/mol. The van der Waals surface area contributed by atoms with E-state index in [1.54, 1.807) is 6.07 Å². The number of benzene rings is 2. The molecule has 1 atom stereocenters. The van der Waals surface area contributed by atoms with Crippen molar-refractivity contribution in [2.75, 3.05) is 14.1 Å². The summed E-state index contributed by atoms with van der Waals surface area (Å²) in [6, 6.07) is 12.5. The van der Waals surface area contributed by atoms with Gasteiger partial charge < -0.3 is 10.4 Å². The van der Waals surface area contributed by atoms with E-state index in [2.05, 4.69) is 0 Å². The van der Waals surface area contributed by atoms with Crippen LogP contribution in [-0.4, -0.2) is 30.3 Å². The third-order valence-corrected chi connectivity index (χ3v) is 3.98. The van der Waals surface area contributed by atoms with E-state index in [9.17, 15) is 4.39 Å². The number of rotatable bonds is 1. The molecule has 0 fully saturated rings. The maximum absolute atomic E-state index is 13.5. The molecule has 1 aliphatic rings. The molecule has 1 heterocycles. The molecular formula is C17H19Cl2FN2O. The molecule has 2 aromatic carbocycles. The number of halogens is 3. The second-order valence-corrected chi connectivity index (χ2v) is 5.85. The van der Waals surface area contributed by atoms with Crippen LogP contribution in [0.4, 0.5) is 4.39 Å². The Morgan fingerprint density at radius 2 is 1.78 bits per heavy atom. The molecule has 1 unspecified atom stereocenters. The van der Waals surface area contributed by atoms with Gasteiger partial charge in [0.25, 0.3) is 0 Å². The third kappa shape index (κ3) is 4.02. The standard InChI is InChI=1S/C17H16ClFN2.ClH.H2O/c1-21(2)16-10-12-9-14(19)7-8-15(12)17(20-16)11-3-5-13(18)6-4-11;;/h3-9,17H,10H2,1-2H3;1H;1H2. The first-order chi connectivity index (χ1) is 10.0. The van der Waals surface area contributed by atoms with Gasteiger partial charge in [-0.15, -0.1) is 12.4 Å².